The van der Waals surface area contributed by atoms with Crippen LogP contribution in [0.3, 0.4) is 0 Å². The Kier molecular flexibility index (Phi) is 5.97. The van der Waals surface area contributed by atoms with Gasteiger partial charge in [0.25, 0.3) is 0 Å². The number of ether oxygens (including phenoxy) is 1. The highest BCUT2D eigenvalue weighted by Gasteiger charge is 2.29. The summed E-state index contributed by atoms with van der Waals surface area (Å²) in [4.78, 5) is 6.69. The molecule has 1 aromatic heterocycles. The van der Waals surface area contributed by atoms with Gasteiger partial charge in [0.1, 0.15) is 31.8 Å². The first-order chi connectivity index (χ1) is 13.9. The van der Waals surface area contributed by atoms with Crippen molar-refractivity contribution in [2.45, 2.75) is 70.2 Å². The average Bonchev–Trinajstić information content (AvgIpc) is 3.03. The van der Waals surface area contributed by atoms with Crippen molar-refractivity contribution in [3.63, 3.8) is 0 Å². The van der Waals surface area contributed by atoms with Crippen LogP contribution in [0.5, 0.6) is 0 Å². The molecule has 0 amide bonds. The molecule has 8 heteroatoms. The predicted octanol–water partition coefficient (Wildman–Crippen LogP) is 1.42. The molecule has 1 aromatic carbocycles. The Morgan fingerprint density at radius 3 is 2.48 bits per heavy atom. The Labute approximate surface area is 173 Å². The van der Waals surface area contributed by atoms with Crippen LogP contribution in [0.2, 0.25) is 0 Å². The van der Waals surface area contributed by atoms with Gasteiger partial charge >= 0.3 is 0 Å². The van der Waals surface area contributed by atoms with Crippen LogP contribution in [-0.4, -0.2) is 60.7 Å². The topological polar surface area (TPSA) is 68.9 Å². The quantitative estimate of drug-likeness (QED) is 0.793. The highest BCUT2D eigenvalue weighted by molar-refractivity contribution is 7.89. The number of aromatic nitrogens is 2. The van der Waals surface area contributed by atoms with E-state index in [4.69, 9.17) is 9.72 Å². The van der Waals surface area contributed by atoms with Crippen LogP contribution in [0.15, 0.2) is 23.1 Å². The lowest BCUT2D eigenvalue weighted by Gasteiger charge is -2.32. The van der Waals surface area contributed by atoms with Crippen molar-refractivity contribution in [3.05, 3.63) is 24.0 Å². The number of piperidine rings is 1. The van der Waals surface area contributed by atoms with E-state index in [9.17, 15) is 8.42 Å². The minimum atomic E-state index is -3.44. The lowest BCUT2D eigenvalue weighted by Crippen LogP contribution is -3.14. The van der Waals surface area contributed by atoms with Crippen LogP contribution >= 0.6 is 0 Å². The second kappa shape index (κ2) is 8.34. The Balaban J connectivity index is 1.64. The molecule has 2 aliphatic heterocycles. The molecule has 29 heavy (non-hydrogen) atoms. The van der Waals surface area contributed by atoms with E-state index in [1.165, 1.54) is 4.90 Å². The zero-order valence-electron chi connectivity index (χ0n) is 17.7. The minimum Gasteiger partial charge on any atom is -0.364 e. The molecule has 0 saturated carbocycles. The maximum absolute atomic E-state index is 13.1. The molecule has 0 aliphatic carbocycles. The van der Waals surface area contributed by atoms with Gasteiger partial charge in [-0.15, -0.1) is 0 Å². The number of rotatable bonds is 5. The van der Waals surface area contributed by atoms with Crippen molar-refractivity contribution in [1.29, 1.82) is 0 Å². The first kappa shape index (κ1) is 20.8. The van der Waals surface area contributed by atoms with Crippen molar-refractivity contribution < 1.29 is 18.1 Å². The zero-order chi connectivity index (χ0) is 20.6. The largest absolute Gasteiger partial charge is 0.364 e. The third-order valence-corrected chi connectivity index (χ3v) is 7.99. The Hall–Kier alpha value is -1.48. The molecular weight excluding hydrogens is 388 g/mol. The Morgan fingerprint density at radius 1 is 1.14 bits per heavy atom. The van der Waals surface area contributed by atoms with Gasteiger partial charge in [0.2, 0.25) is 10.0 Å². The van der Waals surface area contributed by atoms with Gasteiger partial charge in [0, 0.05) is 19.6 Å². The number of quaternary nitrogens is 1. The van der Waals surface area contributed by atoms with E-state index in [1.807, 2.05) is 6.07 Å². The normalized spacial score (nSPS) is 26.8. The lowest BCUT2D eigenvalue weighted by molar-refractivity contribution is -0.929. The van der Waals surface area contributed by atoms with E-state index in [1.54, 1.807) is 16.4 Å². The van der Waals surface area contributed by atoms with E-state index >= 15 is 0 Å². The number of morpholine rings is 1. The van der Waals surface area contributed by atoms with E-state index in [0.717, 1.165) is 62.3 Å². The van der Waals surface area contributed by atoms with E-state index < -0.39 is 10.0 Å². The van der Waals surface area contributed by atoms with Crippen LogP contribution in [0, 0.1) is 0 Å². The number of fused-ring (bicyclic) bond motifs is 1. The molecule has 2 aliphatic rings. The molecule has 2 fully saturated rings. The molecule has 0 spiro atoms. The number of sulfonamides is 1. The van der Waals surface area contributed by atoms with Crippen molar-refractivity contribution in [3.8, 4) is 0 Å². The van der Waals surface area contributed by atoms with Gasteiger partial charge in [-0.25, -0.2) is 13.4 Å². The van der Waals surface area contributed by atoms with E-state index in [2.05, 4.69) is 25.3 Å². The predicted molar refractivity (Wildman–Crippen MR) is 112 cm³/mol. The molecule has 0 radical (unpaired) electrons. The summed E-state index contributed by atoms with van der Waals surface area (Å²) in [5, 5.41) is 0. The SMILES string of the molecule is CCn1c(C[NH+]2C[C@H](C)O[C@@H](C)C2)nc2cc(S(=O)(=O)N3CCCCC3)ccc21. The van der Waals surface area contributed by atoms with Gasteiger partial charge in [-0.1, -0.05) is 6.42 Å². The molecule has 7 nitrogen and oxygen atoms in total. The van der Waals surface area contributed by atoms with Gasteiger partial charge in [-0.05, 0) is 51.8 Å². The fourth-order valence-electron chi connectivity index (χ4n) is 4.82. The monoisotopic (exact) mass is 421 g/mol. The summed E-state index contributed by atoms with van der Waals surface area (Å²) in [7, 11) is -3.44. The van der Waals surface area contributed by atoms with E-state index in [-0.39, 0.29) is 12.2 Å². The summed E-state index contributed by atoms with van der Waals surface area (Å²) >= 11 is 0. The maximum atomic E-state index is 13.1. The fourth-order valence-corrected chi connectivity index (χ4v) is 6.36. The maximum Gasteiger partial charge on any atom is 0.243 e. The molecule has 0 bridgehead atoms. The number of hydrogen-bond acceptors (Lipinski definition) is 4. The Bertz CT molecular complexity index is 956. The summed E-state index contributed by atoms with van der Waals surface area (Å²) in [5.74, 6) is 1.02. The molecular formula is C21H33N4O3S+. The number of nitrogens with one attached hydrogen (secondary N) is 1. The van der Waals surface area contributed by atoms with Crippen LogP contribution in [0.1, 0.15) is 45.9 Å². The second-order valence-corrected chi connectivity index (χ2v) is 10.4. The molecule has 2 aromatic rings. The number of benzene rings is 1. The van der Waals surface area contributed by atoms with Gasteiger partial charge in [0.05, 0.1) is 15.9 Å². The Morgan fingerprint density at radius 2 is 1.83 bits per heavy atom. The van der Waals surface area contributed by atoms with Gasteiger partial charge in [0.15, 0.2) is 5.82 Å². The molecule has 2 atom stereocenters. The minimum absolute atomic E-state index is 0.245. The van der Waals surface area contributed by atoms with Crippen molar-refractivity contribution in [2.24, 2.45) is 0 Å². The molecule has 2 saturated heterocycles. The molecule has 0 unspecified atom stereocenters. The summed E-state index contributed by atoms with van der Waals surface area (Å²) in [6.07, 6.45) is 3.48. The summed E-state index contributed by atoms with van der Waals surface area (Å²) in [6.45, 7) is 11.2. The van der Waals surface area contributed by atoms with Gasteiger partial charge in [-0.2, -0.15) is 4.31 Å². The smallest absolute Gasteiger partial charge is 0.243 e. The summed E-state index contributed by atoms with van der Waals surface area (Å²) in [6, 6.07) is 5.43. The van der Waals surface area contributed by atoms with Gasteiger partial charge < -0.3 is 14.2 Å². The van der Waals surface area contributed by atoms with E-state index in [0.29, 0.717) is 18.0 Å². The second-order valence-electron chi connectivity index (χ2n) is 8.48. The van der Waals surface area contributed by atoms with Gasteiger partial charge in [-0.3, -0.25) is 0 Å². The average molecular weight is 422 g/mol. The first-order valence-corrected chi connectivity index (χ1v) is 12.3. The third-order valence-electron chi connectivity index (χ3n) is 6.09. The number of imidazole rings is 1. The highest BCUT2D eigenvalue weighted by atomic mass is 32.2. The van der Waals surface area contributed by atoms with Crippen molar-refractivity contribution in [2.75, 3.05) is 26.2 Å². The van der Waals surface area contributed by atoms with Crippen LogP contribution in [0.4, 0.5) is 0 Å². The van der Waals surface area contributed by atoms with Crippen LogP contribution in [-0.2, 0) is 27.8 Å². The summed E-state index contributed by atoms with van der Waals surface area (Å²) < 4.78 is 35.8. The van der Waals surface area contributed by atoms with Crippen LogP contribution < -0.4 is 4.90 Å². The molecule has 1 N–H and O–H groups in total. The molecule has 3 heterocycles. The van der Waals surface area contributed by atoms with Crippen molar-refractivity contribution in [1.82, 2.24) is 13.9 Å². The van der Waals surface area contributed by atoms with Crippen LogP contribution in [0.25, 0.3) is 11.0 Å². The number of nitrogens with zero attached hydrogens (tertiary/aromatic N) is 3. The first-order valence-electron chi connectivity index (χ1n) is 10.9. The third kappa shape index (κ3) is 4.21. The fraction of sp³-hybridized carbons (Fsp3) is 0.667. The highest BCUT2D eigenvalue weighted by Crippen LogP contribution is 2.25. The number of aryl methyl sites for hydroxylation is 1. The zero-order valence-corrected chi connectivity index (χ0v) is 18.5. The van der Waals surface area contributed by atoms with Crippen molar-refractivity contribution >= 4 is 21.1 Å². The number of hydrogen-bond donors (Lipinski definition) is 1. The lowest BCUT2D eigenvalue weighted by atomic mass is 10.2. The standard InChI is InChI=1S/C21H32N4O3S/c1-4-25-20-9-8-18(29(26,27)24-10-6-5-7-11-24)12-19(20)22-21(25)15-23-13-16(2)28-17(3)14-23/h8-9,12,16-17H,4-7,10-11,13-15H2,1-3H3/p+1/t16-,17-/m0/s1. The molecule has 4 rings (SSSR count). The molecule has 160 valence electrons. The summed E-state index contributed by atoms with van der Waals surface area (Å²) in [5.41, 5.74) is 1.78.